The zero-order valence-corrected chi connectivity index (χ0v) is 24.7. The first-order chi connectivity index (χ1) is 21.5. The van der Waals surface area contributed by atoms with E-state index in [1.54, 1.807) is 21.9 Å². The third-order valence-corrected chi connectivity index (χ3v) is 8.98. The molecule has 8 rings (SSSR count). The van der Waals surface area contributed by atoms with Gasteiger partial charge in [0.15, 0.2) is 5.82 Å². The highest BCUT2D eigenvalue weighted by atomic mass is 16.2. The van der Waals surface area contributed by atoms with Crippen LogP contribution in [0.1, 0.15) is 65.7 Å². The van der Waals surface area contributed by atoms with Gasteiger partial charge in [0, 0.05) is 48.9 Å². The number of hydrogen-bond acceptors (Lipinski definition) is 8. The number of carbonyl (C=O) groups excluding carboxylic acids is 1. The lowest BCUT2D eigenvalue weighted by molar-refractivity contribution is 0.100. The van der Waals surface area contributed by atoms with Crippen LogP contribution in [0.5, 0.6) is 0 Å². The van der Waals surface area contributed by atoms with E-state index in [4.69, 9.17) is 9.97 Å². The molecule has 0 unspecified atom stereocenters. The predicted molar refractivity (Wildman–Crippen MR) is 166 cm³/mol. The Morgan fingerprint density at radius 3 is 2.73 bits per heavy atom. The topological polar surface area (TPSA) is 117 Å². The van der Waals surface area contributed by atoms with Crippen molar-refractivity contribution in [3.63, 3.8) is 0 Å². The first kappa shape index (κ1) is 26.6. The van der Waals surface area contributed by atoms with E-state index in [9.17, 15) is 10.1 Å². The van der Waals surface area contributed by atoms with Gasteiger partial charge in [-0.05, 0) is 79.4 Å². The molecule has 3 aromatic heterocycles. The average molecular weight is 582 g/mol. The second kappa shape index (κ2) is 10.3. The number of aryl methyl sites for hydroxylation is 1. The summed E-state index contributed by atoms with van der Waals surface area (Å²) in [6.07, 6.45) is 7.71. The standard InChI is InChI=1S/C34H31N9O/c1-20-5-4-10-42(17-20)18-21-11-24-6-3-7-29-30(24)25(12-21)33(44)43(29)34-38-27(23-8-9-23)14-28(39-34)31-26(13-22(15-35)16-36-31)32-40-37-19-41(32)2/h3,6-7,11-14,16,19-20,23H,4-5,8-10,17-18H2,1-2H3/t20-/m0/s1. The fourth-order valence-corrected chi connectivity index (χ4v) is 6.72. The number of nitriles is 1. The maximum atomic E-state index is 14.3. The Morgan fingerprint density at radius 1 is 1.07 bits per heavy atom. The van der Waals surface area contributed by atoms with Crippen molar-refractivity contribution in [3.05, 3.63) is 77.4 Å². The fourth-order valence-electron chi connectivity index (χ4n) is 6.72. The zero-order valence-electron chi connectivity index (χ0n) is 24.7. The molecule has 5 aromatic rings. The molecule has 44 heavy (non-hydrogen) atoms. The summed E-state index contributed by atoms with van der Waals surface area (Å²) in [6, 6.07) is 16.2. The minimum absolute atomic E-state index is 0.120. The molecule has 10 nitrogen and oxygen atoms in total. The van der Waals surface area contributed by atoms with E-state index < -0.39 is 0 Å². The van der Waals surface area contributed by atoms with Gasteiger partial charge in [0.25, 0.3) is 5.91 Å². The molecule has 1 aliphatic carbocycles. The summed E-state index contributed by atoms with van der Waals surface area (Å²) in [5, 5.41) is 19.9. The van der Waals surface area contributed by atoms with Crippen LogP contribution in [0.15, 0.2) is 55.0 Å². The monoisotopic (exact) mass is 581 g/mol. The summed E-state index contributed by atoms with van der Waals surface area (Å²) in [6.45, 7) is 5.31. The van der Waals surface area contributed by atoms with Crippen molar-refractivity contribution in [2.45, 2.75) is 45.1 Å². The van der Waals surface area contributed by atoms with Crippen molar-refractivity contribution in [1.29, 1.82) is 5.26 Å². The number of pyridine rings is 1. The quantitative estimate of drug-likeness (QED) is 0.248. The Labute approximate surface area is 255 Å². The molecule has 2 aromatic carbocycles. The smallest absolute Gasteiger partial charge is 0.265 e. The van der Waals surface area contributed by atoms with Gasteiger partial charge >= 0.3 is 0 Å². The van der Waals surface area contributed by atoms with Crippen LogP contribution in [-0.2, 0) is 13.6 Å². The lowest BCUT2D eigenvalue weighted by Gasteiger charge is -2.30. The maximum Gasteiger partial charge on any atom is 0.265 e. The minimum Gasteiger partial charge on any atom is -0.317 e. The third kappa shape index (κ3) is 4.52. The van der Waals surface area contributed by atoms with Crippen molar-refractivity contribution in [2.24, 2.45) is 13.0 Å². The molecule has 2 aliphatic heterocycles. The second-order valence-corrected chi connectivity index (χ2v) is 12.4. The Balaban J connectivity index is 1.24. The highest BCUT2D eigenvalue weighted by Gasteiger charge is 2.36. The molecule has 0 bridgehead atoms. The summed E-state index contributed by atoms with van der Waals surface area (Å²) >= 11 is 0. The lowest BCUT2D eigenvalue weighted by atomic mass is 9.98. The SMILES string of the molecule is C[C@H]1CCCN(Cc2cc3c4c(cccc4c2)N(c2nc(-c4ncc(C#N)cc4-c4nncn4C)cc(C4CC4)n2)C3=O)C1. The number of aromatic nitrogens is 6. The summed E-state index contributed by atoms with van der Waals surface area (Å²) in [4.78, 5) is 33.0. The average Bonchev–Trinajstić information content (AvgIpc) is 3.74. The number of rotatable bonds is 6. The van der Waals surface area contributed by atoms with Gasteiger partial charge in [0.05, 0.1) is 28.2 Å². The first-order valence-electron chi connectivity index (χ1n) is 15.2. The summed E-state index contributed by atoms with van der Waals surface area (Å²) in [7, 11) is 1.85. The second-order valence-electron chi connectivity index (χ2n) is 12.4. The van der Waals surface area contributed by atoms with Gasteiger partial charge in [-0.2, -0.15) is 5.26 Å². The summed E-state index contributed by atoms with van der Waals surface area (Å²) < 4.78 is 1.79. The van der Waals surface area contributed by atoms with E-state index in [0.29, 0.717) is 51.7 Å². The number of anilines is 2. The number of carbonyl (C=O) groups is 1. The minimum atomic E-state index is -0.120. The Kier molecular flexibility index (Phi) is 6.24. The van der Waals surface area contributed by atoms with E-state index in [0.717, 1.165) is 60.2 Å². The fraction of sp³-hybridized carbons (Fsp3) is 0.324. The molecule has 1 atom stereocenters. The van der Waals surface area contributed by atoms with Crippen molar-refractivity contribution < 1.29 is 4.79 Å². The number of likely N-dealkylation sites (tertiary alicyclic amines) is 1. The van der Waals surface area contributed by atoms with Gasteiger partial charge in [-0.3, -0.25) is 14.7 Å². The molecule has 1 amide bonds. The van der Waals surface area contributed by atoms with Crippen LogP contribution in [-0.4, -0.2) is 53.6 Å². The molecule has 5 heterocycles. The van der Waals surface area contributed by atoms with Gasteiger partial charge in [0.2, 0.25) is 5.95 Å². The molecule has 10 heteroatoms. The molecule has 0 radical (unpaired) electrons. The van der Waals surface area contributed by atoms with Gasteiger partial charge in [-0.25, -0.2) is 14.9 Å². The summed E-state index contributed by atoms with van der Waals surface area (Å²) in [5.74, 6) is 1.78. The van der Waals surface area contributed by atoms with E-state index in [-0.39, 0.29) is 5.91 Å². The highest BCUT2D eigenvalue weighted by molar-refractivity contribution is 6.27. The molecule has 1 saturated carbocycles. The molecule has 2 fully saturated rings. The van der Waals surface area contributed by atoms with Crippen molar-refractivity contribution in [3.8, 4) is 28.8 Å². The Hall–Kier alpha value is -5.01. The molecule has 218 valence electrons. The largest absolute Gasteiger partial charge is 0.317 e. The molecule has 0 N–H and O–H groups in total. The van der Waals surface area contributed by atoms with E-state index >= 15 is 0 Å². The molecular weight excluding hydrogens is 550 g/mol. The van der Waals surface area contributed by atoms with Crippen LogP contribution in [0.4, 0.5) is 11.6 Å². The van der Waals surface area contributed by atoms with Gasteiger partial charge in [-0.15, -0.1) is 10.2 Å². The van der Waals surface area contributed by atoms with Gasteiger partial charge < -0.3 is 4.57 Å². The summed E-state index contributed by atoms with van der Waals surface area (Å²) in [5.41, 5.74) is 5.72. The van der Waals surface area contributed by atoms with Crippen molar-refractivity contribution in [2.75, 3.05) is 18.0 Å². The van der Waals surface area contributed by atoms with Crippen LogP contribution >= 0.6 is 0 Å². The molecular formula is C34H31N9O. The lowest BCUT2D eigenvalue weighted by Crippen LogP contribution is -2.33. The zero-order chi connectivity index (χ0) is 29.9. The highest BCUT2D eigenvalue weighted by Crippen LogP contribution is 2.45. The van der Waals surface area contributed by atoms with Crippen LogP contribution in [0, 0.1) is 17.2 Å². The number of benzene rings is 2. The van der Waals surface area contributed by atoms with Gasteiger partial charge in [0.1, 0.15) is 12.4 Å². The van der Waals surface area contributed by atoms with Crippen LogP contribution in [0.25, 0.3) is 33.5 Å². The third-order valence-electron chi connectivity index (χ3n) is 8.98. The number of piperidine rings is 1. The number of hydrogen-bond donors (Lipinski definition) is 0. The van der Waals surface area contributed by atoms with Crippen molar-refractivity contribution >= 4 is 28.3 Å². The van der Waals surface area contributed by atoms with Crippen LogP contribution in [0.3, 0.4) is 0 Å². The Bertz CT molecular complexity index is 2000. The number of amides is 1. The van der Waals surface area contributed by atoms with E-state index in [1.165, 1.54) is 19.0 Å². The normalized spacial score (nSPS) is 18.2. The molecule has 1 saturated heterocycles. The number of nitrogens with zero attached hydrogens (tertiary/aromatic N) is 9. The van der Waals surface area contributed by atoms with Crippen molar-refractivity contribution in [1.82, 2.24) is 34.6 Å². The molecule has 3 aliphatic rings. The van der Waals surface area contributed by atoms with E-state index in [1.807, 2.05) is 25.2 Å². The molecule has 0 spiro atoms. The van der Waals surface area contributed by atoms with Gasteiger partial charge in [-0.1, -0.05) is 19.1 Å². The van der Waals surface area contributed by atoms with Crippen LogP contribution < -0.4 is 4.90 Å². The van der Waals surface area contributed by atoms with E-state index in [2.05, 4.69) is 51.3 Å². The first-order valence-corrected chi connectivity index (χ1v) is 15.2. The Morgan fingerprint density at radius 2 is 1.95 bits per heavy atom. The van der Waals surface area contributed by atoms with Crippen LogP contribution in [0.2, 0.25) is 0 Å². The predicted octanol–water partition coefficient (Wildman–Crippen LogP) is 5.76. The maximum absolute atomic E-state index is 14.3.